The maximum atomic E-state index is 12.8. The van der Waals surface area contributed by atoms with E-state index in [-0.39, 0.29) is 12.0 Å². The summed E-state index contributed by atoms with van der Waals surface area (Å²) in [5.41, 5.74) is 1.17. The molecule has 2 aromatic rings. The maximum absolute atomic E-state index is 12.8. The Balaban J connectivity index is 1.29. The first-order chi connectivity index (χ1) is 12.8. The third-order valence-electron chi connectivity index (χ3n) is 5.24. The van der Waals surface area contributed by atoms with Crippen molar-refractivity contribution >= 4 is 17.7 Å². The van der Waals surface area contributed by atoms with E-state index in [0.29, 0.717) is 17.8 Å². The lowest BCUT2D eigenvalue weighted by atomic mass is 9.99. The zero-order chi connectivity index (χ0) is 17.8. The highest BCUT2D eigenvalue weighted by molar-refractivity contribution is 7.99. The molecule has 0 radical (unpaired) electrons. The molecule has 2 saturated heterocycles. The van der Waals surface area contributed by atoms with Crippen LogP contribution in [0.15, 0.2) is 54.9 Å². The number of ether oxygens (including phenoxy) is 1. The minimum Gasteiger partial charge on any atom is -0.490 e. The van der Waals surface area contributed by atoms with Gasteiger partial charge in [-0.25, -0.2) is 0 Å². The molecule has 3 heterocycles. The van der Waals surface area contributed by atoms with E-state index < -0.39 is 0 Å². The first-order valence-corrected chi connectivity index (χ1v) is 10.4. The molecule has 4 nitrogen and oxygen atoms in total. The van der Waals surface area contributed by atoms with Gasteiger partial charge >= 0.3 is 0 Å². The number of para-hydroxylation sites is 1. The number of nitrogens with zero attached hydrogens (tertiary/aromatic N) is 2. The van der Waals surface area contributed by atoms with E-state index >= 15 is 0 Å². The number of aromatic nitrogens is 1. The number of thioether (sulfide) groups is 1. The van der Waals surface area contributed by atoms with Crippen LogP contribution in [0.3, 0.4) is 0 Å². The topological polar surface area (TPSA) is 42.4 Å². The van der Waals surface area contributed by atoms with Crippen molar-refractivity contribution in [1.29, 1.82) is 0 Å². The van der Waals surface area contributed by atoms with Gasteiger partial charge in [0.05, 0.1) is 5.75 Å². The molecular formula is C21H24N2O2S. The van der Waals surface area contributed by atoms with E-state index in [9.17, 15) is 4.79 Å². The van der Waals surface area contributed by atoms with Gasteiger partial charge in [-0.2, -0.15) is 0 Å². The number of piperidine rings is 1. The molecule has 26 heavy (non-hydrogen) atoms. The lowest BCUT2D eigenvalue weighted by molar-refractivity contribution is -0.134. The van der Waals surface area contributed by atoms with E-state index in [1.54, 1.807) is 18.0 Å². The van der Waals surface area contributed by atoms with Gasteiger partial charge in [-0.3, -0.25) is 9.78 Å². The first kappa shape index (κ1) is 17.4. The van der Waals surface area contributed by atoms with Crippen LogP contribution in [0.1, 0.15) is 31.2 Å². The Labute approximate surface area is 159 Å². The Kier molecular flexibility index (Phi) is 5.44. The minimum absolute atomic E-state index is 0.224. The lowest BCUT2D eigenvalue weighted by Gasteiger charge is -2.39. The summed E-state index contributed by atoms with van der Waals surface area (Å²) in [4.78, 5) is 19.0. The van der Waals surface area contributed by atoms with Gasteiger partial charge in [-0.1, -0.05) is 24.3 Å². The molecule has 0 N–H and O–H groups in total. The second kappa shape index (κ2) is 8.12. The molecule has 2 atom stereocenters. The Morgan fingerprint density at radius 1 is 1.12 bits per heavy atom. The van der Waals surface area contributed by atoms with Gasteiger partial charge in [0, 0.05) is 43.1 Å². The Morgan fingerprint density at radius 3 is 2.58 bits per heavy atom. The predicted molar refractivity (Wildman–Crippen MR) is 104 cm³/mol. The van der Waals surface area contributed by atoms with Gasteiger partial charge < -0.3 is 9.64 Å². The average molecular weight is 369 g/mol. The SMILES string of the molecule is O=C(CSCc1cccnc1)N1C2CCC1CC(Oc1ccccc1)C2. The number of carbonyl (C=O) groups excluding carboxylic acids is 1. The third-order valence-corrected chi connectivity index (χ3v) is 6.23. The quantitative estimate of drug-likeness (QED) is 0.775. The van der Waals surface area contributed by atoms with Crippen molar-refractivity contribution in [2.24, 2.45) is 0 Å². The zero-order valence-corrected chi connectivity index (χ0v) is 15.6. The highest BCUT2D eigenvalue weighted by Crippen LogP contribution is 2.37. The van der Waals surface area contributed by atoms with Crippen LogP contribution in [0.2, 0.25) is 0 Å². The van der Waals surface area contributed by atoms with Crippen LogP contribution in [0.4, 0.5) is 0 Å². The molecule has 1 aromatic heterocycles. The molecule has 136 valence electrons. The maximum Gasteiger partial charge on any atom is 0.233 e. The van der Waals surface area contributed by atoms with Crippen molar-refractivity contribution < 1.29 is 9.53 Å². The standard InChI is InChI=1S/C21H24N2O2S/c24-21(15-26-14-16-5-4-10-22-13-16)23-17-8-9-18(23)12-20(11-17)25-19-6-2-1-3-7-19/h1-7,10,13,17-18,20H,8-9,11-12,14-15H2. The molecule has 1 aromatic carbocycles. The van der Waals surface area contributed by atoms with Crippen molar-refractivity contribution in [3.63, 3.8) is 0 Å². The predicted octanol–water partition coefficient (Wildman–Crippen LogP) is 3.92. The van der Waals surface area contributed by atoms with Gasteiger partial charge in [0.15, 0.2) is 0 Å². The molecular weight excluding hydrogens is 344 g/mol. The van der Waals surface area contributed by atoms with E-state index in [2.05, 4.69) is 16.0 Å². The van der Waals surface area contributed by atoms with E-state index in [0.717, 1.165) is 37.2 Å². The smallest absolute Gasteiger partial charge is 0.233 e. The highest BCUT2D eigenvalue weighted by Gasteiger charge is 2.43. The number of fused-ring (bicyclic) bond motifs is 2. The molecule has 2 aliphatic heterocycles. The monoisotopic (exact) mass is 368 g/mol. The number of hydrogen-bond donors (Lipinski definition) is 0. The molecule has 0 saturated carbocycles. The fourth-order valence-corrected chi connectivity index (χ4v) is 4.97. The van der Waals surface area contributed by atoms with E-state index in [4.69, 9.17) is 4.74 Å². The Hall–Kier alpha value is -2.01. The summed E-state index contributed by atoms with van der Waals surface area (Å²) < 4.78 is 6.15. The highest BCUT2D eigenvalue weighted by atomic mass is 32.2. The largest absolute Gasteiger partial charge is 0.490 e. The van der Waals surface area contributed by atoms with Crippen LogP contribution in [-0.4, -0.2) is 39.7 Å². The summed E-state index contributed by atoms with van der Waals surface area (Å²) in [6.07, 6.45) is 7.99. The van der Waals surface area contributed by atoms with E-state index in [1.165, 1.54) is 5.56 Å². The van der Waals surface area contributed by atoms with Gasteiger partial charge in [-0.05, 0) is 36.6 Å². The number of carbonyl (C=O) groups is 1. The van der Waals surface area contributed by atoms with Crippen LogP contribution in [0, 0.1) is 0 Å². The first-order valence-electron chi connectivity index (χ1n) is 9.29. The van der Waals surface area contributed by atoms with Crippen LogP contribution in [0.5, 0.6) is 5.75 Å². The van der Waals surface area contributed by atoms with Gasteiger partial charge in [0.1, 0.15) is 11.9 Å². The number of benzene rings is 1. The number of amides is 1. The minimum atomic E-state index is 0.224. The molecule has 2 fully saturated rings. The number of rotatable bonds is 6. The third kappa shape index (κ3) is 4.04. The van der Waals surface area contributed by atoms with Crippen LogP contribution >= 0.6 is 11.8 Å². The summed E-state index contributed by atoms with van der Waals surface area (Å²) in [5.74, 6) is 2.60. The van der Waals surface area contributed by atoms with Crippen molar-refractivity contribution in [2.75, 3.05) is 5.75 Å². The Morgan fingerprint density at radius 2 is 1.88 bits per heavy atom. The van der Waals surface area contributed by atoms with Crippen molar-refractivity contribution in [3.8, 4) is 5.75 Å². The van der Waals surface area contributed by atoms with Gasteiger partial charge in [-0.15, -0.1) is 11.8 Å². The van der Waals surface area contributed by atoms with Gasteiger partial charge in [0.2, 0.25) is 5.91 Å². The molecule has 2 unspecified atom stereocenters. The molecule has 2 aliphatic rings. The summed E-state index contributed by atoms with van der Waals surface area (Å²) >= 11 is 1.68. The van der Waals surface area contributed by atoms with Crippen LogP contribution in [-0.2, 0) is 10.5 Å². The molecule has 4 rings (SSSR count). The summed E-state index contributed by atoms with van der Waals surface area (Å²) in [5, 5.41) is 0. The van der Waals surface area contributed by atoms with Crippen molar-refractivity contribution in [3.05, 3.63) is 60.4 Å². The Bertz CT molecular complexity index is 711. The average Bonchev–Trinajstić information content (AvgIpc) is 2.94. The zero-order valence-electron chi connectivity index (χ0n) is 14.8. The molecule has 2 bridgehead atoms. The molecule has 5 heteroatoms. The molecule has 1 amide bonds. The normalized spacial score (nSPS) is 24.5. The lowest BCUT2D eigenvalue weighted by Crippen LogP contribution is -2.49. The number of hydrogen-bond acceptors (Lipinski definition) is 4. The summed E-state index contributed by atoms with van der Waals surface area (Å²) in [6.45, 7) is 0. The fraction of sp³-hybridized carbons (Fsp3) is 0.429. The second-order valence-electron chi connectivity index (χ2n) is 7.06. The summed E-state index contributed by atoms with van der Waals surface area (Å²) in [6, 6.07) is 14.7. The molecule has 0 spiro atoms. The van der Waals surface area contributed by atoms with Crippen LogP contribution < -0.4 is 4.74 Å². The van der Waals surface area contributed by atoms with Crippen LogP contribution in [0.25, 0.3) is 0 Å². The van der Waals surface area contributed by atoms with E-state index in [1.807, 2.05) is 42.6 Å². The number of pyridine rings is 1. The fourth-order valence-electron chi connectivity index (χ4n) is 4.14. The van der Waals surface area contributed by atoms with Gasteiger partial charge in [0.25, 0.3) is 0 Å². The molecule has 0 aliphatic carbocycles. The summed E-state index contributed by atoms with van der Waals surface area (Å²) in [7, 11) is 0. The van der Waals surface area contributed by atoms with Crippen molar-refractivity contribution in [2.45, 2.75) is 49.6 Å². The van der Waals surface area contributed by atoms with Crippen molar-refractivity contribution in [1.82, 2.24) is 9.88 Å². The second-order valence-corrected chi connectivity index (χ2v) is 8.05.